The van der Waals surface area contributed by atoms with E-state index in [4.69, 9.17) is 11.6 Å². The minimum Gasteiger partial charge on any atom is -0.204 e. The van der Waals surface area contributed by atoms with E-state index in [1.54, 1.807) is 6.07 Å². The maximum Gasteiger partial charge on any atom is 0.162 e. The minimum atomic E-state index is -0.801. The smallest absolute Gasteiger partial charge is 0.162 e. The van der Waals surface area contributed by atoms with Gasteiger partial charge in [-0.25, -0.2) is 8.78 Å². The third kappa shape index (κ3) is 3.75. The second kappa shape index (κ2) is 6.19. The average Bonchev–Trinajstić information content (AvgIpc) is 2.24. The van der Waals surface area contributed by atoms with Crippen molar-refractivity contribution in [3.8, 4) is 0 Å². The summed E-state index contributed by atoms with van der Waals surface area (Å²) in [6, 6.07) is 4.22. The highest BCUT2D eigenvalue weighted by Gasteiger charge is 2.14. The van der Waals surface area contributed by atoms with Crippen LogP contribution in [-0.2, 0) is 6.42 Å². The minimum absolute atomic E-state index is 0.133. The molecule has 0 amide bonds. The van der Waals surface area contributed by atoms with Crippen LogP contribution >= 0.6 is 11.6 Å². The molecule has 0 N–H and O–H groups in total. The van der Waals surface area contributed by atoms with Gasteiger partial charge in [-0.05, 0) is 30.4 Å². The molecule has 1 aromatic rings. The number of halogens is 3. The summed E-state index contributed by atoms with van der Waals surface area (Å²) in [5, 5.41) is -0.133. The largest absolute Gasteiger partial charge is 0.204 e. The topological polar surface area (TPSA) is 0 Å². The van der Waals surface area contributed by atoms with Crippen molar-refractivity contribution < 1.29 is 8.78 Å². The quantitative estimate of drug-likeness (QED) is 0.669. The van der Waals surface area contributed by atoms with Gasteiger partial charge in [0, 0.05) is 5.38 Å². The first-order valence-electron chi connectivity index (χ1n) is 5.61. The van der Waals surface area contributed by atoms with Crippen molar-refractivity contribution in [2.75, 3.05) is 0 Å². The summed E-state index contributed by atoms with van der Waals surface area (Å²) >= 11 is 6.12. The fourth-order valence-corrected chi connectivity index (χ4v) is 2.10. The molecule has 3 heteroatoms. The van der Waals surface area contributed by atoms with Crippen molar-refractivity contribution in [2.45, 2.75) is 38.5 Å². The summed E-state index contributed by atoms with van der Waals surface area (Å²) in [6.07, 6.45) is 2.26. The Kier molecular flexibility index (Phi) is 5.20. The van der Waals surface area contributed by atoms with Gasteiger partial charge < -0.3 is 0 Å². The van der Waals surface area contributed by atoms with Gasteiger partial charge in [0.1, 0.15) is 0 Å². The molecule has 0 fully saturated rings. The second-order valence-corrected chi connectivity index (χ2v) is 4.88. The molecule has 2 atom stereocenters. The number of benzene rings is 1. The molecule has 0 aromatic heterocycles. The van der Waals surface area contributed by atoms with E-state index in [0.29, 0.717) is 17.9 Å². The SMILES string of the molecule is CCC(C)CC(Cl)Cc1cccc(F)c1F. The highest BCUT2D eigenvalue weighted by Crippen LogP contribution is 2.20. The summed E-state index contributed by atoms with van der Waals surface area (Å²) in [6.45, 7) is 4.20. The fraction of sp³-hybridized carbons (Fsp3) is 0.538. The molecule has 16 heavy (non-hydrogen) atoms. The molecule has 0 aliphatic heterocycles. The molecule has 0 saturated heterocycles. The zero-order valence-electron chi connectivity index (χ0n) is 9.64. The van der Waals surface area contributed by atoms with Crippen LogP contribution in [0, 0.1) is 17.6 Å². The van der Waals surface area contributed by atoms with E-state index < -0.39 is 11.6 Å². The van der Waals surface area contributed by atoms with Gasteiger partial charge in [0.25, 0.3) is 0 Å². The summed E-state index contributed by atoms with van der Waals surface area (Å²) in [5.41, 5.74) is 0.364. The molecule has 1 rings (SSSR count). The Balaban J connectivity index is 2.62. The van der Waals surface area contributed by atoms with E-state index in [0.717, 1.165) is 18.9 Å². The molecular formula is C13H17ClF2. The lowest BCUT2D eigenvalue weighted by molar-refractivity contribution is 0.479. The third-order valence-electron chi connectivity index (χ3n) is 2.83. The lowest BCUT2D eigenvalue weighted by Crippen LogP contribution is -2.10. The van der Waals surface area contributed by atoms with Crippen molar-refractivity contribution in [3.63, 3.8) is 0 Å². The van der Waals surface area contributed by atoms with Crippen LogP contribution in [0.1, 0.15) is 32.3 Å². The second-order valence-electron chi connectivity index (χ2n) is 4.26. The van der Waals surface area contributed by atoms with Crippen LogP contribution < -0.4 is 0 Å². The zero-order chi connectivity index (χ0) is 12.1. The van der Waals surface area contributed by atoms with Gasteiger partial charge in [0.05, 0.1) is 0 Å². The van der Waals surface area contributed by atoms with Gasteiger partial charge in [0.2, 0.25) is 0 Å². The molecule has 0 spiro atoms. The van der Waals surface area contributed by atoms with E-state index in [1.807, 2.05) is 0 Å². The van der Waals surface area contributed by atoms with E-state index >= 15 is 0 Å². The van der Waals surface area contributed by atoms with Crippen LogP contribution in [0.15, 0.2) is 18.2 Å². The van der Waals surface area contributed by atoms with Crippen molar-refractivity contribution >= 4 is 11.6 Å². The number of hydrogen-bond donors (Lipinski definition) is 0. The highest BCUT2D eigenvalue weighted by atomic mass is 35.5. The normalized spacial score (nSPS) is 14.8. The van der Waals surface area contributed by atoms with Crippen LogP contribution in [0.25, 0.3) is 0 Å². The predicted molar refractivity (Wildman–Crippen MR) is 63.8 cm³/mol. The Morgan fingerprint density at radius 2 is 2.00 bits per heavy atom. The molecule has 2 unspecified atom stereocenters. The molecule has 0 aliphatic rings. The Hall–Kier alpha value is -0.630. The first kappa shape index (κ1) is 13.4. The van der Waals surface area contributed by atoms with Gasteiger partial charge in [-0.2, -0.15) is 0 Å². The summed E-state index contributed by atoms with van der Waals surface area (Å²) in [7, 11) is 0. The highest BCUT2D eigenvalue weighted by molar-refractivity contribution is 6.20. The number of hydrogen-bond acceptors (Lipinski definition) is 0. The first-order chi connectivity index (χ1) is 7.54. The molecule has 0 aliphatic carbocycles. The molecule has 0 nitrogen and oxygen atoms in total. The maximum absolute atomic E-state index is 13.3. The van der Waals surface area contributed by atoms with E-state index in [1.165, 1.54) is 6.07 Å². The van der Waals surface area contributed by atoms with Crippen LogP contribution in [0.5, 0.6) is 0 Å². The molecular weight excluding hydrogens is 230 g/mol. The van der Waals surface area contributed by atoms with E-state index in [2.05, 4.69) is 13.8 Å². The predicted octanol–water partition coefficient (Wildman–Crippen LogP) is 4.55. The molecule has 0 bridgehead atoms. The van der Waals surface area contributed by atoms with Crippen molar-refractivity contribution in [2.24, 2.45) is 5.92 Å². The number of rotatable bonds is 5. The van der Waals surface area contributed by atoms with Gasteiger partial charge in [-0.15, -0.1) is 11.6 Å². The molecule has 0 heterocycles. The van der Waals surface area contributed by atoms with Gasteiger partial charge in [0.15, 0.2) is 11.6 Å². The standard InChI is InChI=1S/C13H17ClF2/c1-3-9(2)7-11(14)8-10-5-4-6-12(15)13(10)16/h4-6,9,11H,3,7-8H2,1-2H3. The fourth-order valence-electron chi connectivity index (χ4n) is 1.63. The molecule has 0 saturated carbocycles. The number of alkyl halides is 1. The van der Waals surface area contributed by atoms with Crippen LogP contribution in [-0.4, -0.2) is 5.38 Å². The molecule has 0 radical (unpaired) electrons. The Labute approximate surface area is 101 Å². The van der Waals surface area contributed by atoms with E-state index in [9.17, 15) is 8.78 Å². The third-order valence-corrected chi connectivity index (χ3v) is 3.16. The van der Waals surface area contributed by atoms with Crippen LogP contribution in [0.2, 0.25) is 0 Å². The Morgan fingerprint density at radius 1 is 1.31 bits per heavy atom. The summed E-state index contributed by atoms with van der Waals surface area (Å²) in [4.78, 5) is 0. The first-order valence-corrected chi connectivity index (χ1v) is 6.05. The van der Waals surface area contributed by atoms with Crippen LogP contribution in [0.4, 0.5) is 8.78 Å². The average molecular weight is 247 g/mol. The lowest BCUT2D eigenvalue weighted by Gasteiger charge is -2.14. The monoisotopic (exact) mass is 246 g/mol. The molecule has 1 aromatic carbocycles. The van der Waals surface area contributed by atoms with Crippen molar-refractivity contribution in [1.82, 2.24) is 0 Å². The Bertz CT molecular complexity index is 339. The van der Waals surface area contributed by atoms with Gasteiger partial charge in [-0.1, -0.05) is 32.4 Å². The van der Waals surface area contributed by atoms with Gasteiger partial charge >= 0.3 is 0 Å². The Morgan fingerprint density at radius 3 is 2.62 bits per heavy atom. The van der Waals surface area contributed by atoms with E-state index in [-0.39, 0.29) is 5.38 Å². The maximum atomic E-state index is 13.3. The zero-order valence-corrected chi connectivity index (χ0v) is 10.4. The van der Waals surface area contributed by atoms with Crippen LogP contribution in [0.3, 0.4) is 0 Å². The van der Waals surface area contributed by atoms with Gasteiger partial charge in [-0.3, -0.25) is 0 Å². The van der Waals surface area contributed by atoms with Crippen molar-refractivity contribution in [3.05, 3.63) is 35.4 Å². The summed E-state index contributed by atoms with van der Waals surface area (Å²) in [5.74, 6) is -1.05. The summed E-state index contributed by atoms with van der Waals surface area (Å²) < 4.78 is 26.3. The van der Waals surface area contributed by atoms with Crippen molar-refractivity contribution in [1.29, 1.82) is 0 Å². The lowest BCUT2D eigenvalue weighted by atomic mass is 9.98. The molecule has 90 valence electrons.